The van der Waals surface area contributed by atoms with Gasteiger partial charge in [-0.25, -0.2) is 35.3 Å². The minimum atomic E-state index is -1.02. The fraction of sp³-hybridized carbons (Fsp3) is 0.0510. The van der Waals surface area contributed by atoms with Crippen LogP contribution in [0.3, 0.4) is 0 Å². The number of para-hydroxylation sites is 1. The molecule has 12 heterocycles. The number of hydrogen-bond donors (Lipinski definition) is 4. The Bertz CT molecular complexity index is 7580. The summed E-state index contributed by atoms with van der Waals surface area (Å²) >= 11 is 0. The highest BCUT2D eigenvalue weighted by Gasteiger charge is 2.26. The van der Waals surface area contributed by atoms with E-state index in [0.29, 0.717) is 45.1 Å². The number of nitrogens with zero attached hydrogens (tertiary/aromatic N) is 13. The van der Waals surface area contributed by atoms with Gasteiger partial charge in [0.25, 0.3) is 27.8 Å². The topological polar surface area (TPSA) is 300 Å². The molecule has 0 atom stereocenters. The van der Waals surface area contributed by atoms with Crippen molar-refractivity contribution in [2.24, 2.45) is 0 Å². The number of hydrogen-bond acceptors (Lipinski definition) is 16. The number of halogens is 2. The Kier molecular flexibility index (Phi) is 20.3. The highest BCUT2D eigenvalue weighted by Crippen LogP contribution is 2.37. The summed E-state index contributed by atoms with van der Waals surface area (Å²) in [4.78, 5) is 90.3. The molecule has 0 fully saturated rings. The van der Waals surface area contributed by atoms with E-state index in [1.165, 1.54) is 22.3 Å². The molecule has 586 valence electrons. The molecule has 8 N–H and O–H groups in total. The maximum Gasteiger partial charge on any atom is 0.255 e. The molecule has 23 heteroatoms. The molecule has 0 saturated carbocycles. The van der Waals surface area contributed by atoms with E-state index < -0.39 is 17.2 Å². The normalized spacial score (nSPS) is 11.3. The van der Waals surface area contributed by atoms with Gasteiger partial charge in [0.1, 0.15) is 23.3 Å². The third-order valence-electron chi connectivity index (χ3n) is 21.4. The second kappa shape index (κ2) is 31.9. The average Bonchev–Trinajstić information content (AvgIpc) is 0.764. The third-order valence-corrected chi connectivity index (χ3v) is 21.4. The number of aryl methyl sites for hydroxylation is 2. The van der Waals surface area contributed by atoms with E-state index >= 15 is 0 Å². The average molecular weight is 1590 g/mol. The van der Waals surface area contributed by atoms with Gasteiger partial charge in [0.2, 0.25) is 0 Å². The molecule has 0 spiro atoms. The Balaban J connectivity index is 0.000000115. The van der Waals surface area contributed by atoms with Crippen molar-refractivity contribution in [1.29, 1.82) is 0 Å². The summed E-state index contributed by atoms with van der Waals surface area (Å²) in [7, 11) is 0. The van der Waals surface area contributed by atoms with Crippen molar-refractivity contribution in [1.82, 2.24) is 58.1 Å². The largest absolute Gasteiger partial charge is 0.384 e. The van der Waals surface area contributed by atoms with Crippen LogP contribution in [0.5, 0.6) is 0 Å². The number of nitrogen functional groups attached to an aromatic ring is 4. The van der Waals surface area contributed by atoms with Crippen molar-refractivity contribution in [2.75, 3.05) is 22.9 Å². The van der Waals surface area contributed by atoms with Crippen LogP contribution >= 0.6 is 0 Å². The van der Waals surface area contributed by atoms with Crippen LogP contribution in [0.25, 0.3) is 159 Å². The zero-order chi connectivity index (χ0) is 83.9. The van der Waals surface area contributed by atoms with Crippen LogP contribution in [0.2, 0.25) is 0 Å². The summed E-state index contributed by atoms with van der Waals surface area (Å²) in [6, 6.07) is 78.3. The van der Waals surface area contributed by atoms with Crippen LogP contribution in [0.15, 0.2) is 330 Å². The quantitative estimate of drug-likeness (QED) is 0.0771. The highest BCUT2D eigenvalue weighted by molar-refractivity contribution is 6.09. The van der Waals surface area contributed by atoms with Crippen molar-refractivity contribution >= 4 is 110 Å². The molecule has 20 rings (SSSR count). The smallest absolute Gasteiger partial charge is 0.255 e. The third kappa shape index (κ3) is 15.2. The van der Waals surface area contributed by atoms with Gasteiger partial charge in [-0.05, 0) is 229 Å². The number of pyridine rings is 12. The van der Waals surface area contributed by atoms with Crippen molar-refractivity contribution in [3.05, 3.63) is 392 Å². The van der Waals surface area contributed by atoms with E-state index in [-0.39, 0.29) is 27.9 Å². The predicted molar refractivity (Wildman–Crippen MR) is 479 cm³/mol. The van der Waals surface area contributed by atoms with Crippen LogP contribution in [0, 0.1) is 32.1 Å². The number of anilines is 4. The minimum absolute atomic E-state index is 0.0715. The van der Waals surface area contributed by atoms with Gasteiger partial charge in [0.15, 0.2) is 11.6 Å². The van der Waals surface area contributed by atoms with Crippen molar-refractivity contribution in [2.45, 2.75) is 33.2 Å². The number of fused-ring (bicyclic) bond motifs is 12. The standard InChI is InChI=1S/C27H21N5O.C25H20N4O.C23H14F2N4O.C23H16N4O/c1-27(2,29-3)20-7-9-21(10-8-20)32-25(33)13-6-19-16-30-23-11-4-17(14-22(23)26(19)32)18-5-12-24(28)31-15-18;1-15-3-7-20(11-16(15)2)29-24(30)10-6-19-14-27-22-8-4-17(12-21(22)25(19)29)18-5-9-23(26)28-13-18;24-18-5-4-16(10-19(18)25)29-22(30)8-3-15-12-27-20-6-1-13(9-17(20)23(15)29)14-2-7-21(26)28-11-14;24-21-10-7-16(13-26-21)15-6-9-20-19(12-15)23-17(14-25-20)8-11-22(28)27(23)18-4-2-1-3-5-18/h4-16H,1-2H3,(H2,28,31);3-14H,1-2H3,(H2,26,28);1-12H,(H2,26,28);1-14H,(H2,24,26). The van der Waals surface area contributed by atoms with Crippen LogP contribution in [0.1, 0.15) is 30.5 Å². The van der Waals surface area contributed by atoms with Gasteiger partial charge in [0.05, 0.1) is 49.8 Å². The zero-order valence-electron chi connectivity index (χ0n) is 65.5. The van der Waals surface area contributed by atoms with Gasteiger partial charge in [0, 0.05) is 182 Å². The summed E-state index contributed by atoms with van der Waals surface area (Å²) in [6.07, 6.45) is 14.0. The monoisotopic (exact) mass is 1590 g/mol. The molecule has 0 unspecified atom stereocenters. The number of rotatable bonds is 9. The van der Waals surface area contributed by atoms with E-state index in [2.05, 4.69) is 76.8 Å². The van der Waals surface area contributed by atoms with Gasteiger partial charge in [-0.1, -0.05) is 48.5 Å². The molecule has 21 nitrogen and oxygen atoms in total. The first-order valence-electron chi connectivity index (χ1n) is 38.3. The fourth-order valence-corrected chi connectivity index (χ4v) is 14.8. The van der Waals surface area contributed by atoms with E-state index in [0.717, 1.165) is 150 Å². The molecule has 0 bridgehead atoms. The number of nitrogens with two attached hydrogens (primary N) is 4. The van der Waals surface area contributed by atoms with Gasteiger partial charge in [-0.15, -0.1) is 0 Å². The van der Waals surface area contributed by atoms with Crippen molar-refractivity contribution in [3.63, 3.8) is 0 Å². The van der Waals surface area contributed by atoms with Crippen LogP contribution in [-0.4, -0.2) is 58.1 Å². The molecular weight excluding hydrogens is 1520 g/mol. The first-order valence-corrected chi connectivity index (χ1v) is 38.3. The van der Waals surface area contributed by atoms with E-state index in [4.69, 9.17) is 29.5 Å². The highest BCUT2D eigenvalue weighted by atomic mass is 19.2. The van der Waals surface area contributed by atoms with E-state index in [9.17, 15) is 28.0 Å². The second-order valence-electron chi connectivity index (χ2n) is 29.5. The molecule has 8 aromatic carbocycles. The lowest BCUT2D eigenvalue weighted by Crippen LogP contribution is -2.18. The number of benzene rings is 8. The van der Waals surface area contributed by atoms with Gasteiger partial charge in [-0.2, -0.15) is 0 Å². The first-order chi connectivity index (χ1) is 58.6. The van der Waals surface area contributed by atoms with Gasteiger partial charge < -0.3 is 27.8 Å². The second-order valence-corrected chi connectivity index (χ2v) is 29.5. The molecule has 20 aromatic rings. The van der Waals surface area contributed by atoms with Crippen molar-refractivity contribution < 1.29 is 8.78 Å². The predicted octanol–water partition coefficient (Wildman–Crippen LogP) is 18.8. The zero-order valence-corrected chi connectivity index (χ0v) is 65.5. The summed E-state index contributed by atoms with van der Waals surface area (Å²) in [5, 5.41) is 6.76. The number of aromatic nitrogens is 12. The molecular formula is C98H71F2N17O4. The molecule has 0 saturated heterocycles. The summed E-state index contributed by atoms with van der Waals surface area (Å²) < 4.78 is 34.0. The first kappa shape index (κ1) is 77.0. The molecule has 12 aromatic heterocycles. The Morgan fingerprint density at radius 1 is 0.298 bits per heavy atom. The lowest BCUT2D eigenvalue weighted by Gasteiger charge is -2.15. The lowest BCUT2D eigenvalue weighted by atomic mass is 9.95. The van der Waals surface area contributed by atoms with Gasteiger partial charge >= 0.3 is 0 Å². The van der Waals surface area contributed by atoms with Crippen LogP contribution < -0.4 is 45.2 Å². The molecule has 0 radical (unpaired) electrons. The molecule has 0 aliphatic carbocycles. The summed E-state index contributed by atoms with van der Waals surface area (Å²) in [5.74, 6) is -0.158. The summed E-state index contributed by atoms with van der Waals surface area (Å²) in [6.45, 7) is 15.3. The van der Waals surface area contributed by atoms with Crippen molar-refractivity contribution in [3.8, 4) is 67.3 Å². The van der Waals surface area contributed by atoms with Gasteiger partial charge in [-0.3, -0.25) is 57.4 Å². The lowest BCUT2D eigenvalue weighted by molar-refractivity contribution is 0.508. The SMILES string of the molecule is Cc1ccc(-n2c(=O)ccc3cnc4ccc(-c5ccc(N)nc5)cc4c32)cc1C.Nc1ccc(-c2ccc3ncc4ccc(=O)n(-c5ccc(F)c(F)c5)c4c3c2)cn1.Nc1ccc(-c2ccc3ncc4ccc(=O)n(-c5ccccc5)c4c3c2)cn1.[C-]#[N+]C(C)(C)c1ccc(-n2c(=O)ccc3cnc4ccc(-c5ccc(N)nc5)cc4c32)cc1. The Morgan fingerprint density at radius 2 is 0.603 bits per heavy atom. The fourth-order valence-electron chi connectivity index (χ4n) is 14.8. The molecule has 0 aliphatic rings. The summed E-state index contributed by atoms with van der Waals surface area (Å²) in [5.41, 5.74) is 41.1. The Hall–Kier alpha value is -16.6. The minimum Gasteiger partial charge on any atom is -0.384 e. The van der Waals surface area contributed by atoms with E-state index in [1.54, 1.807) is 112 Å². The Morgan fingerprint density at radius 3 is 0.917 bits per heavy atom. The maximum absolute atomic E-state index is 13.9. The molecule has 0 amide bonds. The van der Waals surface area contributed by atoms with Crippen LogP contribution in [-0.2, 0) is 5.54 Å². The maximum atomic E-state index is 13.9. The van der Waals surface area contributed by atoms with Crippen LogP contribution in [0.4, 0.5) is 32.1 Å². The molecule has 121 heavy (non-hydrogen) atoms. The molecule has 0 aliphatic heterocycles. The Labute approximate surface area is 688 Å². The van der Waals surface area contributed by atoms with E-state index in [1.807, 2.05) is 184 Å².